The summed E-state index contributed by atoms with van der Waals surface area (Å²) >= 11 is -0.0530. The number of aliphatic hydroxyl groups is 1. The minimum absolute atomic E-state index is 0. The van der Waals surface area contributed by atoms with Gasteiger partial charge in [0.05, 0.1) is 0 Å². The second-order valence-electron chi connectivity index (χ2n) is 8.09. The van der Waals surface area contributed by atoms with Crippen LogP contribution in [0.3, 0.4) is 0 Å². The molecule has 2 aromatic carbocycles. The molecule has 0 fully saturated rings. The molecule has 0 saturated heterocycles. The molecule has 0 aliphatic carbocycles. The molecule has 3 rings (SSSR count). The molecule has 0 spiro atoms. The van der Waals surface area contributed by atoms with Crippen LogP contribution in [0.25, 0.3) is 0 Å². The number of aliphatic hydroxyl groups excluding tert-OH is 1. The molecule has 0 bridgehead atoms. The number of nitrogens with two attached hydrogens (primary N) is 1. The van der Waals surface area contributed by atoms with Gasteiger partial charge in [0.1, 0.15) is 0 Å². The van der Waals surface area contributed by atoms with E-state index in [0.29, 0.717) is 4.71 Å². The van der Waals surface area contributed by atoms with Crippen molar-refractivity contribution in [1.29, 1.82) is 0 Å². The second kappa shape index (κ2) is 11.6. The van der Waals surface area contributed by atoms with Crippen molar-refractivity contribution in [2.75, 3.05) is 0 Å². The fourth-order valence-corrected chi connectivity index (χ4v) is 7.23. The summed E-state index contributed by atoms with van der Waals surface area (Å²) in [5.74, 6) is 1.02. The van der Waals surface area contributed by atoms with E-state index in [-0.39, 0.29) is 52.2 Å². The molecule has 0 unspecified atom stereocenters. The maximum Gasteiger partial charge on any atom is -0.147 e. The number of halogens is 2. The van der Waals surface area contributed by atoms with Crippen LogP contribution in [-0.4, -0.2) is 38.6 Å². The van der Waals surface area contributed by atoms with Gasteiger partial charge in [0, 0.05) is 0 Å². The molecular weight excluding hydrogens is 468 g/mol. The first-order valence-electron chi connectivity index (χ1n) is 9.84. The van der Waals surface area contributed by atoms with Crippen LogP contribution in [0.15, 0.2) is 48.5 Å². The first kappa shape index (κ1) is 26.3. The van der Waals surface area contributed by atoms with Crippen LogP contribution in [0.4, 0.5) is 0 Å². The topological polar surface area (TPSA) is 55.5 Å². The molecule has 0 saturated carbocycles. The first-order valence-corrected chi connectivity index (χ1v) is 12.2. The van der Waals surface area contributed by atoms with Crippen molar-refractivity contribution in [3.05, 3.63) is 65.2 Å². The van der Waals surface area contributed by atoms with Gasteiger partial charge < -0.3 is 0 Å². The summed E-state index contributed by atoms with van der Waals surface area (Å²) in [4.78, 5) is 0. The van der Waals surface area contributed by atoms with E-state index in [1.165, 1.54) is 16.7 Å². The largest absolute Gasteiger partial charge is 0.147 e. The van der Waals surface area contributed by atoms with Crippen molar-refractivity contribution >= 4 is 40.6 Å². The Kier molecular flexibility index (Phi) is 10.6. The minimum Gasteiger partial charge on any atom is -0.147 e. The van der Waals surface area contributed by atoms with Gasteiger partial charge in [0.15, 0.2) is 0 Å². The Morgan fingerprint density at radius 3 is 2.48 bits per heavy atom. The van der Waals surface area contributed by atoms with Crippen LogP contribution in [0.5, 0.6) is 5.75 Å². The first-order chi connectivity index (χ1) is 12.9. The van der Waals surface area contributed by atoms with Gasteiger partial charge in [-0.25, -0.2) is 0 Å². The third-order valence-corrected chi connectivity index (χ3v) is 8.35. The van der Waals surface area contributed by atoms with E-state index in [4.69, 9.17) is 10.5 Å². The predicted molar refractivity (Wildman–Crippen MR) is 127 cm³/mol. The minimum atomic E-state index is -0.450. The van der Waals surface area contributed by atoms with Gasteiger partial charge in [0.25, 0.3) is 0 Å². The zero-order chi connectivity index (χ0) is 19.4. The Morgan fingerprint density at radius 2 is 1.83 bits per heavy atom. The zero-order valence-corrected chi connectivity index (χ0v) is 20.9. The average molecular weight is 501 g/mol. The maximum atomic E-state index is 10.7. The number of aryl methyl sites for hydroxylation is 1. The van der Waals surface area contributed by atoms with Gasteiger partial charge in [0.2, 0.25) is 0 Å². The van der Waals surface area contributed by atoms with Gasteiger partial charge in [-0.05, 0) is 0 Å². The molecule has 161 valence electrons. The molecule has 0 amide bonds. The SMILES string of the molecule is CCc1ccc2c(c1)[C@@H]([As]C[C@H](O)[C@@H](N)Cc1ccccc1)CC(C)(C)O2.Cl.Cl. The van der Waals surface area contributed by atoms with Crippen LogP contribution in [0, 0.1) is 0 Å². The van der Waals surface area contributed by atoms with Crippen molar-refractivity contribution in [3.63, 3.8) is 0 Å². The fraction of sp³-hybridized carbons (Fsp3) is 0.478. The molecule has 1 radical (unpaired) electrons. The normalized spacial score (nSPS) is 19.4. The monoisotopic (exact) mass is 500 g/mol. The Bertz CT molecular complexity index is 758. The summed E-state index contributed by atoms with van der Waals surface area (Å²) in [5.41, 5.74) is 10.0. The van der Waals surface area contributed by atoms with Crippen molar-refractivity contribution in [2.45, 2.75) is 67.7 Å². The van der Waals surface area contributed by atoms with Crippen molar-refractivity contribution in [1.82, 2.24) is 0 Å². The van der Waals surface area contributed by atoms with Gasteiger partial charge >= 0.3 is 170 Å². The number of hydrogen-bond donors (Lipinski definition) is 2. The number of fused-ring (bicyclic) bond motifs is 1. The predicted octanol–water partition coefficient (Wildman–Crippen LogP) is 4.75. The summed E-state index contributed by atoms with van der Waals surface area (Å²) < 4.78 is 6.70. The Labute approximate surface area is 194 Å². The van der Waals surface area contributed by atoms with Gasteiger partial charge in [-0.3, -0.25) is 0 Å². The van der Waals surface area contributed by atoms with E-state index in [1.807, 2.05) is 18.2 Å². The van der Waals surface area contributed by atoms with E-state index >= 15 is 0 Å². The average Bonchev–Trinajstić information content (AvgIpc) is 2.65. The van der Waals surface area contributed by atoms with E-state index < -0.39 is 6.10 Å². The van der Waals surface area contributed by atoms with Crippen LogP contribution in [-0.2, 0) is 12.8 Å². The van der Waals surface area contributed by atoms with E-state index in [9.17, 15) is 5.11 Å². The standard InChI is InChI=1S/C23H31AsNO2.2ClH/c1-4-16-10-11-22-18(12-16)19(14-23(2,3)27-22)24-15-21(26)20(25)13-17-8-6-5-7-9-17;;/h5-12,19-21,26H,4,13-15,25H2,1-3H3;2*1H/t19-,20-,21-;;/m0../s1. The fourth-order valence-electron chi connectivity index (χ4n) is 3.64. The van der Waals surface area contributed by atoms with Crippen molar-refractivity contribution in [2.24, 2.45) is 5.73 Å². The smallest absolute Gasteiger partial charge is 0.147 e. The van der Waals surface area contributed by atoms with Gasteiger partial charge in [-0.15, -0.1) is 24.8 Å². The van der Waals surface area contributed by atoms with Crippen molar-refractivity contribution < 1.29 is 9.84 Å². The summed E-state index contributed by atoms with van der Waals surface area (Å²) in [5, 5.41) is 11.5. The molecular formula is C23H33AsCl2NO2. The molecule has 3 N–H and O–H groups in total. The summed E-state index contributed by atoms with van der Waals surface area (Å²) in [6, 6.07) is 16.6. The number of ether oxygens (including phenoxy) is 1. The number of benzene rings is 2. The van der Waals surface area contributed by atoms with Crippen molar-refractivity contribution in [3.8, 4) is 5.75 Å². The molecule has 6 heteroatoms. The quantitative estimate of drug-likeness (QED) is 0.539. The molecule has 3 nitrogen and oxygen atoms in total. The summed E-state index contributed by atoms with van der Waals surface area (Å²) in [6.07, 6.45) is 2.31. The van der Waals surface area contributed by atoms with Crippen LogP contribution >= 0.6 is 24.8 Å². The number of rotatable bonds is 7. The molecule has 29 heavy (non-hydrogen) atoms. The Balaban J connectivity index is 0.00000210. The maximum absolute atomic E-state index is 10.7. The van der Waals surface area contributed by atoms with Crippen LogP contribution in [0.2, 0.25) is 5.21 Å². The third kappa shape index (κ3) is 7.19. The second-order valence-corrected chi connectivity index (χ2v) is 10.9. The Morgan fingerprint density at radius 1 is 1.14 bits per heavy atom. The molecule has 1 aliphatic rings. The molecule has 0 aromatic heterocycles. The third-order valence-electron chi connectivity index (χ3n) is 5.23. The molecule has 2 aromatic rings. The van der Waals surface area contributed by atoms with Gasteiger partial charge in [-0.1, -0.05) is 0 Å². The summed E-state index contributed by atoms with van der Waals surface area (Å²) in [6.45, 7) is 6.51. The summed E-state index contributed by atoms with van der Waals surface area (Å²) in [7, 11) is 0. The Hall–Kier alpha value is -0.702. The van der Waals surface area contributed by atoms with Crippen LogP contribution < -0.4 is 10.5 Å². The van der Waals surface area contributed by atoms with E-state index in [1.54, 1.807) is 0 Å². The van der Waals surface area contributed by atoms with Crippen LogP contribution in [0.1, 0.15) is 48.6 Å². The van der Waals surface area contributed by atoms with E-state index in [0.717, 1.165) is 30.2 Å². The van der Waals surface area contributed by atoms with Gasteiger partial charge in [-0.2, -0.15) is 0 Å². The molecule has 1 aliphatic heterocycles. The molecule has 1 heterocycles. The zero-order valence-electron chi connectivity index (χ0n) is 17.4. The number of hydrogen-bond acceptors (Lipinski definition) is 3. The molecule has 3 atom stereocenters. The van der Waals surface area contributed by atoms with E-state index in [2.05, 4.69) is 51.1 Å².